The van der Waals surface area contributed by atoms with Crippen molar-refractivity contribution < 1.29 is 27.4 Å². The third-order valence-electron chi connectivity index (χ3n) is 3.65. The van der Waals surface area contributed by atoms with Crippen molar-refractivity contribution in [1.29, 1.82) is 0 Å². The molecule has 2 rings (SSSR count). The summed E-state index contributed by atoms with van der Waals surface area (Å²) >= 11 is 2.88. The smallest absolute Gasteiger partial charge is 0.247 e. The molecular weight excluding hydrogens is 386 g/mol. The highest BCUT2D eigenvalue weighted by atomic mass is 32.3. The maximum absolute atomic E-state index is 11.7. The van der Waals surface area contributed by atoms with Gasteiger partial charge in [0, 0.05) is 31.1 Å². The van der Waals surface area contributed by atoms with Gasteiger partial charge in [-0.15, -0.1) is 23.1 Å². The summed E-state index contributed by atoms with van der Waals surface area (Å²) in [5, 5.41) is 5.58. The molecule has 2 heterocycles. The van der Waals surface area contributed by atoms with Gasteiger partial charge in [0.15, 0.2) is 0 Å². The second kappa shape index (κ2) is 10.2. The third-order valence-corrected chi connectivity index (χ3v) is 7.77. The van der Waals surface area contributed by atoms with E-state index in [2.05, 4.69) is 0 Å². The van der Waals surface area contributed by atoms with Crippen molar-refractivity contribution in [3.05, 3.63) is 11.6 Å². The summed E-state index contributed by atoms with van der Waals surface area (Å²) in [4.78, 5) is 0. The Kier molecular flexibility index (Phi) is 8.62. The molecule has 0 aliphatic carbocycles. The molecule has 2 atom stereocenters. The molecule has 1 aliphatic rings. The first-order valence-corrected chi connectivity index (χ1v) is 11.3. The fourth-order valence-corrected chi connectivity index (χ4v) is 6.24. The summed E-state index contributed by atoms with van der Waals surface area (Å²) < 4.78 is 46.0. The molecule has 0 saturated heterocycles. The Labute approximate surface area is 157 Å². The predicted octanol–water partition coefficient (Wildman–Crippen LogP) is 2.36. The monoisotopic (exact) mass is 411 g/mol. The summed E-state index contributed by atoms with van der Waals surface area (Å²) in [7, 11) is -2.10. The van der Waals surface area contributed by atoms with Gasteiger partial charge in [0.2, 0.25) is 10.0 Å². The number of hydrogen-bond acceptors (Lipinski definition) is 8. The first-order chi connectivity index (χ1) is 12.0. The van der Waals surface area contributed by atoms with Gasteiger partial charge < -0.3 is 18.9 Å². The number of rotatable bonds is 11. The van der Waals surface area contributed by atoms with Crippen molar-refractivity contribution in [3.63, 3.8) is 0 Å². The minimum atomic E-state index is -3.71. The highest BCUT2D eigenvalue weighted by molar-refractivity contribution is 8.02. The highest BCUT2D eigenvalue weighted by Gasteiger charge is 2.32. The first-order valence-electron chi connectivity index (χ1n) is 8.05. The summed E-state index contributed by atoms with van der Waals surface area (Å²) in [5.74, 6) is 0. The van der Waals surface area contributed by atoms with Gasteiger partial charge in [-0.1, -0.05) is 0 Å². The Balaban J connectivity index is 2.06. The average Bonchev–Trinajstić information content (AvgIpc) is 2.99. The molecule has 10 heteroatoms. The number of thioether (sulfide) groups is 1. The summed E-state index contributed by atoms with van der Waals surface area (Å²) in [6.07, 6.45) is 1.45. The van der Waals surface area contributed by atoms with E-state index in [0.717, 1.165) is 22.6 Å². The largest absolute Gasteiger partial charge is 0.382 e. The number of methoxy groups -OCH3 is 1. The Morgan fingerprint density at radius 3 is 2.76 bits per heavy atom. The predicted molar refractivity (Wildman–Crippen MR) is 97.6 cm³/mol. The third kappa shape index (κ3) is 6.47. The number of nitrogens with two attached hydrogens (primary N) is 1. The van der Waals surface area contributed by atoms with Crippen LogP contribution >= 0.6 is 23.1 Å². The lowest BCUT2D eigenvalue weighted by atomic mass is 10.1. The van der Waals surface area contributed by atoms with E-state index in [9.17, 15) is 8.42 Å². The van der Waals surface area contributed by atoms with E-state index in [1.54, 1.807) is 24.9 Å². The van der Waals surface area contributed by atoms with Crippen molar-refractivity contribution in [1.82, 2.24) is 0 Å². The van der Waals surface area contributed by atoms with Crippen LogP contribution in [0.2, 0.25) is 0 Å². The number of thiophene rings is 1. The molecule has 0 saturated carbocycles. The van der Waals surface area contributed by atoms with Gasteiger partial charge in [0.1, 0.15) is 11.0 Å². The summed E-state index contributed by atoms with van der Waals surface area (Å²) in [5.41, 5.74) is 0.877. The van der Waals surface area contributed by atoms with E-state index in [0.29, 0.717) is 31.7 Å². The van der Waals surface area contributed by atoms with Gasteiger partial charge in [0.05, 0.1) is 23.5 Å². The second-order valence-electron chi connectivity index (χ2n) is 5.49. The van der Waals surface area contributed by atoms with E-state index < -0.39 is 10.0 Å². The minimum absolute atomic E-state index is 0.136. The van der Waals surface area contributed by atoms with E-state index in [4.69, 9.17) is 24.1 Å². The minimum Gasteiger partial charge on any atom is -0.382 e. The van der Waals surface area contributed by atoms with E-state index in [1.165, 1.54) is 11.3 Å². The molecule has 0 fully saturated rings. The van der Waals surface area contributed by atoms with Crippen molar-refractivity contribution in [2.75, 3.05) is 40.3 Å². The Bertz CT molecular complexity index is 633. The van der Waals surface area contributed by atoms with Crippen LogP contribution in [-0.2, 0) is 29.0 Å². The summed E-state index contributed by atoms with van der Waals surface area (Å²) in [6, 6.07) is 1.63. The van der Waals surface area contributed by atoms with Crippen LogP contribution < -0.4 is 5.14 Å². The zero-order valence-electron chi connectivity index (χ0n) is 14.4. The van der Waals surface area contributed by atoms with Crippen molar-refractivity contribution in [2.45, 2.75) is 39.5 Å². The first kappa shape index (κ1) is 21.1. The zero-order valence-corrected chi connectivity index (χ0v) is 16.9. The van der Waals surface area contributed by atoms with Crippen LogP contribution in [0.3, 0.4) is 0 Å². The van der Waals surface area contributed by atoms with Gasteiger partial charge in [-0.25, -0.2) is 13.6 Å². The van der Waals surface area contributed by atoms with Crippen LogP contribution in [0.15, 0.2) is 14.5 Å². The van der Waals surface area contributed by atoms with Crippen molar-refractivity contribution in [2.24, 2.45) is 5.14 Å². The number of ether oxygens (including phenoxy) is 4. The van der Waals surface area contributed by atoms with Gasteiger partial charge in [-0.3, -0.25) is 0 Å². The lowest BCUT2D eigenvalue weighted by Gasteiger charge is -2.28. The molecule has 1 aromatic heterocycles. The number of hydrogen-bond donors (Lipinski definition) is 1. The van der Waals surface area contributed by atoms with E-state index in [1.807, 2.05) is 6.92 Å². The van der Waals surface area contributed by atoms with Gasteiger partial charge in [0.25, 0.3) is 0 Å². The van der Waals surface area contributed by atoms with Crippen LogP contribution in [-0.4, -0.2) is 54.0 Å². The van der Waals surface area contributed by atoms with Crippen LogP contribution in [0.25, 0.3) is 0 Å². The fourth-order valence-electron chi connectivity index (χ4n) is 2.41. The molecule has 0 bridgehead atoms. The topological polar surface area (TPSA) is 97.1 Å². The molecule has 25 heavy (non-hydrogen) atoms. The van der Waals surface area contributed by atoms with Crippen molar-refractivity contribution in [3.8, 4) is 0 Å². The normalized spacial score (nSPS) is 20.6. The van der Waals surface area contributed by atoms with E-state index in [-0.39, 0.29) is 17.1 Å². The molecule has 7 nitrogen and oxygen atoms in total. The summed E-state index contributed by atoms with van der Waals surface area (Å²) in [6.45, 7) is 4.41. The lowest BCUT2D eigenvalue weighted by molar-refractivity contribution is -0.102. The zero-order chi connectivity index (χ0) is 18.3. The maximum atomic E-state index is 11.7. The molecule has 0 aromatic carbocycles. The molecule has 1 aliphatic heterocycles. The highest BCUT2D eigenvalue weighted by Crippen LogP contribution is 2.48. The van der Waals surface area contributed by atoms with Gasteiger partial charge >= 0.3 is 0 Å². The standard InChI is InChI=1S/C15H25NO6S3/c1-3-20-5-4-11-8-13(22-10-21-7-6-19-2)12-9-14(25(16,17)18)24-15(12)23-11/h9,11,13H,3-8,10H2,1-2H3,(H2,16,17,18). The SMILES string of the molecule is CCOCCC1CC(OCOCCOC)c2cc(S(N)(=O)=O)sc2S1. The quantitative estimate of drug-likeness (QED) is 0.441. The molecule has 144 valence electrons. The van der Waals surface area contributed by atoms with Crippen LogP contribution in [0.1, 0.15) is 31.4 Å². The second-order valence-corrected chi connectivity index (χ2v) is 9.90. The molecule has 2 N–H and O–H groups in total. The lowest BCUT2D eigenvalue weighted by Crippen LogP contribution is -2.20. The number of primary sulfonamides is 1. The Morgan fingerprint density at radius 1 is 1.28 bits per heavy atom. The van der Waals surface area contributed by atoms with Gasteiger partial charge in [-0.2, -0.15) is 0 Å². The van der Waals surface area contributed by atoms with Crippen LogP contribution in [0.5, 0.6) is 0 Å². The maximum Gasteiger partial charge on any atom is 0.247 e. The molecule has 0 amide bonds. The number of fused-ring (bicyclic) bond motifs is 1. The van der Waals surface area contributed by atoms with E-state index >= 15 is 0 Å². The molecular formula is C15H25NO6S3. The van der Waals surface area contributed by atoms with Gasteiger partial charge in [-0.05, 0) is 25.8 Å². The molecule has 0 spiro atoms. The van der Waals surface area contributed by atoms with Crippen LogP contribution in [0.4, 0.5) is 0 Å². The molecule has 0 radical (unpaired) electrons. The molecule has 1 aromatic rings. The van der Waals surface area contributed by atoms with Crippen LogP contribution in [0, 0.1) is 0 Å². The molecule has 2 unspecified atom stereocenters. The fraction of sp³-hybridized carbons (Fsp3) is 0.733. The number of sulfonamides is 1. The Hall–Kier alpha value is -0.200. The Morgan fingerprint density at radius 2 is 2.08 bits per heavy atom. The average molecular weight is 412 g/mol. The van der Waals surface area contributed by atoms with Crippen molar-refractivity contribution >= 4 is 33.1 Å².